The van der Waals surface area contributed by atoms with Crippen molar-refractivity contribution in [2.45, 2.75) is 26.3 Å². The van der Waals surface area contributed by atoms with Crippen LogP contribution >= 0.6 is 0 Å². The quantitative estimate of drug-likeness (QED) is 0.498. The van der Waals surface area contributed by atoms with E-state index in [1.54, 1.807) is 42.5 Å². The molecule has 174 valence electrons. The molecule has 0 aromatic heterocycles. The zero-order chi connectivity index (χ0) is 24.0. The first-order chi connectivity index (χ1) is 15.8. The van der Waals surface area contributed by atoms with Crippen LogP contribution in [0.5, 0.6) is 17.2 Å². The SMILES string of the molecule is COc1ccccc1C(=O)N/C(=C/c1ccc2c(c1)OCO2)C(=O)N[C@H](CC(C)C)C(=O)O. The predicted octanol–water partition coefficient (Wildman–Crippen LogP) is 2.81. The molecule has 0 unspecified atom stereocenters. The number of hydrogen-bond donors (Lipinski definition) is 3. The van der Waals surface area contributed by atoms with Gasteiger partial charge < -0.3 is 30.0 Å². The smallest absolute Gasteiger partial charge is 0.326 e. The maximum absolute atomic E-state index is 13.1. The Kier molecular flexibility index (Phi) is 7.55. The number of carboxylic acid groups (broad SMARTS) is 1. The molecule has 1 aliphatic heterocycles. The number of aliphatic carboxylic acids is 1. The molecule has 0 spiro atoms. The van der Waals surface area contributed by atoms with Crippen molar-refractivity contribution in [2.75, 3.05) is 13.9 Å². The summed E-state index contributed by atoms with van der Waals surface area (Å²) in [6.07, 6.45) is 1.68. The zero-order valence-electron chi connectivity index (χ0n) is 18.6. The molecule has 33 heavy (non-hydrogen) atoms. The third kappa shape index (κ3) is 6.03. The molecule has 2 aromatic carbocycles. The van der Waals surface area contributed by atoms with Gasteiger partial charge in [-0.05, 0) is 48.2 Å². The minimum Gasteiger partial charge on any atom is -0.496 e. The third-order valence-electron chi connectivity index (χ3n) is 4.86. The molecule has 2 aromatic rings. The third-order valence-corrected chi connectivity index (χ3v) is 4.86. The minimum atomic E-state index is -1.16. The van der Waals surface area contributed by atoms with Crippen LogP contribution in [0.25, 0.3) is 6.08 Å². The van der Waals surface area contributed by atoms with Crippen LogP contribution in [0.15, 0.2) is 48.2 Å². The maximum Gasteiger partial charge on any atom is 0.326 e. The van der Waals surface area contributed by atoms with E-state index in [4.69, 9.17) is 14.2 Å². The number of benzene rings is 2. The molecule has 1 aliphatic rings. The van der Waals surface area contributed by atoms with Crippen LogP contribution in [0.1, 0.15) is 36.2 Å². The number of carboxylic acids is 1. The molecule has 0 saturated heterocycles. The van der Waals surface area contributed by atoms with Crippen molar-refractivity contribution in [1.82, 2.24) is 10.6 Å². The zero-order valence-corrected chi connectivity index (χ0v) is 18.6. The van der Waals surface area contributed by atoms with Crippen molar-refractivity contribution in [3.63, 3.8) is 0 Å². The van der Waals surface area contributed by atoms with Gasteiger partial charge in [0.1, 0.15) is 17.5 Å². The summed E-state index contributed by atoms with van der Waals surface area (Å²) in [5.41, 5.74) is 0.654. The Morgan fingerprint density at radius 1 is 1.12 bits per heavy atom. The fourth-order valence-corrected chi connectivity index (χ4v) is 3.28. The van der Waals surface area contributed by atoms with E-state index in [1.807, 2.05) is 13.8 Å². The summed E-state index contributed by atoms with van der Waals surface area (Å²) in [7, 11) is 1.44. The fourth-order valence-electron chi connectivity index (χ4n) is 3.28. The summed E-state index contributed by atoms with van der Waals surface area (Å²) in [5, 5.41) is 14.6. The average molecular weight is 454 g/mol. The molecule has 9 nitrogen and oxygen atoms in total. The number of hydrogen-bond acceptors (Lipinski definition) is 6. The first-order valence-electron chi connectivity index (χ1n) is 10.4. The van der Waals surface area contributed by atoms with Gasteiger partial charge in [0.25, 0.3) is 11.8 Å². The van der Waals surface area contributed by atoms with E-state index in [-0.39, 0.29) is 30.4 Å². The number of carbonyl (C=O) groups is 3. The monoisotopic (exact) mass is 454 g/mol. The number of methoxy groups -OCH3 is 1. The Morgan fingerprint density at radius 3 is 2.55 bits per heavy atom. The highest BCUT2D eigenvalue weighted by Crippen LogP contribution is 2.33. The number of carbonyl (C=O) groups excluding carboxylic acids is 2. The lowest BCUT2D eigenvalue weighted by Crippen LogP contribution is -2.45. The van der Waals surface area contributed by atoms with E-state index in [0.29, 0.717) is 22.8 Å². The predicted molar refractivity (Wildman–Crippen MR) is 120 cm³/mol. The number of nitrogens with one attached hydrogen (secondary N) is 2. The second-order valence-electron chi connectivity index (χ2n) is 7.82. The van der Waals surface area contributed by atoms with Gasteiger partial charge in [-0.25, -0.2) is 4.79 Å². The Morgan fingerprint density at radius 2 is 1.85 bits per heavy atom. The average Bonchev–Trinajstić information content (AvgIpc) is 3.25. The van der Waals surface area contributed by atoms with Crippen LogP contribution in [0.2, 0.25) is 0 Å². The second kappa shape index (κ2) is 10.5. The largest absolute Gasteiger partial charge is 0.496 e. The van der Waals surface area contributed by atoms with Gasteiger partial charge in [0.05, 0.1) is 12.7 Å². The van der Waals surface area contributed by atoms with Crippen molar-refractivity contribution in [2.24, 2.45) is 5.92 Å². The van der Waals surface area contributed by atoms with Crippen LogP contribution in [0.3, 0.4) is 0 Å². The molecule has 1 atom stereocenters. The lowest BCUT2D eigenvalue weighted by atomic mass is 10.0. The van der Waals surface area contributed by atoms with Gasteiger partial charge in [-0.1, -0.05) is 32.0 Å². The van der Waals surface area contributed by atoms with E-state index >= 15 is 0 Å². The topological polar surface area (TPSA) is 123 Å². The highest BCUT2D eigenvalue weighted by atomic mass is 16.7. The van der Waals surface area contributed by atoms with Crippen LogP contribution in [0, 0.1) is 5.92 Å². The minimum absolute atomic E-state index is 0.0378. The summed E-state index contributed by atoms with van der Waals surface area (Å²) in [5.74, 6) is -1.02. The lowest BCUT2D eigenvalue weighted by Gasteiger charge is -2.18. The van der Waals surface area contributed by atoms with Crippen molar-refractivity contribution >= 4 is 23.9 Å². The van der Waals surface area contributed by atoms with E-state index in [2.05, 4.69) is 10.6 Å². The number of amides is 2. The number of ether oxygens (including phenoxy) is 3. The van der Waals surface area contributed by atoms with Crippen LogP contribution in [-0.2, 0) is 9.59 Å². The lowest BCUT2D eigenvalue weighted by molar-refractivity contribution is -0.141. The summed E-state index contributed by atoms with van der Waals surface area (Å²) in [6.45, 7) is 3.81. The van der Waals surface area contributed by atoms with E-state index < -0.39 is 23.8 Å². The Labute approximate surface area is 191 Å². The molecule has 1 heterocycles. The molecule has 0 fully saturated rings. The molecule has 2 amide bonds. The summed E-state index contributed by atoms with van der Waals surface area (Å²) < 4.78 is 15.9. The van der Waals surface area contributed by atoms with Crippen LogP contribution in [-0.4, -0.2) is 42.8 Å². The second-order valence-corrected chi connectivity index (χ2v) is 7.82. The number of para-hydroxylation sites is 1. The molecule has 0 radical (unpaired) electrons. The van der Waals surface area contributed by atoms with Gasteiger partial charge in [-0.2, -0.15) is 0 Å². The molecule has 0 aliphatic carbocycles. The van der Waals surface area contributed by atoms with Crippen molar-refractivity contribution in [3.05, 3.63) is 59.3 Å². The van der Waals surface area contributed by atoms with E-state index in [1.165, 1.54) is 13.2 Å². The summed E-state index contributed by atoms with van der Waals surface area (Å²) in [4.78, 5) is 37.6. The highest BCUT2D eigenvalue weighted by molar-refractivity contribution is 6.07. The maximum atomic E-state index is 13.1. The normalized spacial score (nSPS) is 13.4. The Bertz CT molecular complexity index is 1080. The first-order valence-corrected chi connectivity index (χ1v) is 10.4. The van der Waals surface area contributed by atoms with Gasteiger partial charge in [0, 0.05) is 0 Å². The molecule has 0 bridgehead atoms. The van der Waals surface area contributed by atoms with Crippen molar-refractivity contribution in [1.29, 1.82) is 0 Å². The molecule has 3 rings (SSSR count). The van der Waals surface area contributed by atoms with Gasteiger partial charge in [0.2, 0.25) is 6.79 Å². The van der Waals surface area contributed by atoms with Gasteiger partial charge in [0.15, 0.2) is 11.5 Å². The standard InChI is InChI=1S/C24H26N2O7/c1-14(2)10-18(24(29)30)26-23(28)17(11-15-8-9-20-21(12-15)33-13-32-20)25-22(27)16-6-4-5-7-19(16)31-3/h4-9,11-12,14,18H,10,13H2,1-3H3,(H,25,27)(H,26,28)(H,29,30)/b17-11+/t18-/m1/s1. The molecule has 0 saturated carbocycles. The van der Waals surface area contributed by atoms with E-state index in [9.17, 15) is 19.5 Å². The molecule has 3 N–H and O–H groups in total. The van der Waals surface area contributed by atoms with Gasteiger partial charge in [-0.15, -0.1) is 0 Å². The van der Waals surface area contributed by atoms with Crippen molar-refractivity contribution < 1.29 is 33.7 Å². The van der Waals surface area contributed by atoms with Gasteiger partial charge in [-0.3, -0.25) is 9.59 Å². The molecular formula is C24H26N2O7. The van der Waals surface area contributed by atoms with Gasteiger partial charge >= 0.3 is 5.97 Å². The van der Waals surface area contributed by atoms with Crippen LogP contribution < -0.4 is 24.8 Å². The van der Waals surface area contributed by atoms with E-state index in [0.717, 1.165) is 0 Å². The number of rotatable bonds is 9. The Hall–Kier alpha value is -4.01. The summed E-state index contributed by atoms with van der Waals surface area (Å²) >= 11 is 0. The molecular weight excluding hydrogens is 428 g/mol. The summed E-state index contributed by atoms with van der Waals surface area (Å²) in [6, 6.07) is 10.5. The first kappa shape index (κ1) is 23.6. The number of fused-ring (bicyclic) bond motifs is 1. The highest BCUT2D eigenvalue weighted by Gasteiger charge is 2.25. The fraction of sp³-hybridized carbons (Fsp3) is 0.292. The molecule has 9 heteroatoms. The van der Waals surface area contributed by atoms with Crippen molar-refractivity contribution in [3.8, 4) is 17.2 Å². The Balaban J connectivity index is 1.92. The van der Waals surface area contributed by atoms with Crippen LogP contribution in [0.4, 0.5) is 0 Å².